The average molecular weight is 644 g/mol. The zero-order valence-electron chi connectivity index (χ0n) is 22.4. The normalized spacial score (nSPS) is 15.2. The maximum absolute atomic E-state index is 13.9. The number of nitrogens with two attached hydrogens (primary N) is 1. The number of hydrogen-bond acceptors (Lipinski definition) is 5. The second kappa shape index (κ2) is 12.1. The molecule has 1 heterocycles. The van der Waals surface area contributed by atoms with E-state index in [0.717, 1.165) is 27.8 Å². The summed E-state index contributed by atoms with van der Waals surface area (Å²) in [5, 5.41) is 3.30. The molecule has 42 heavy (non-hydrogen) atoms. The Bertz CT molecular complexity index is 1530. The van der Waals surface area contributed by atoms with Gasteiger partial charge in [0.2, 0.25) is 15.9 Å². The number of sulfonamides is 1. The fraction of sp³-hybridized carbons (Fsp3) is 0.286. The number of primary amides is 1. The first-order valence-corrected chi connectivity index (χ1v) is 15.2. The molecule has 8 nitrogen and oxygen atoms in total. The van der Waals surface area contributed by atoms with Crippen LogP contribution in [0, 0.1) is 0 Å². The van der Waals surface area contributed by atoms with Crippen molar-refractivity contribution < 1.29 is 31.2 Å². The average Bonchev–Trinajstić information content (AvgIpc) is 2.87. The van der Waals surface area contributed by atoms with Crippen LogP contribution in [-0.4, -0.2) is 56.6 Å². The number of benzene rings is 3. The third kappa shape index (κ3) is 7.17. The van der Waals surface area contributed by atoms with Crippen LogP contribution in [0.2, 0.25) is 10.0 Å². The van der Waals surface area contributed by atoms with Gasteiger partial charge in [-0.3, -0.25) is 18.8 Å². The Hall–Kier alpha value is -3.32. The van der Waals surface area contributed by atoms with Gasteiger partial charge in [0.15, 0.2) is 0 Å². The summed E-state index contributed by atoms with van der Waals surface area (Å²) in [6, 6.07) is 14.4. The lowest BCUT2D eigenvalue weighted by atomic mass is 9.93. The van der Waals surface area contributed by atoms with Crippen LogP contribution in [0.1, 0.15) is 40.0 Å². The third-order valence-corrected chi connectivity index (χ3v) is 8.58. The Balaban J connectivity index is 1.70. The van der Waals surface area contributed by atoms with E-state index in [2.05, 4.69) is 5.32 Å². The Kier molecular flexibility index (Phi) is 9.12. The fourth-order valence-electron chi connectivity index (χ4n) is 4.81. The van der Waals surface area contributed by atoms with Gasteiger partial charge in [0.05, 0.1) is 29.6 Å². The summed E-state index contributed by atoms with van der Waals surface area (Å²) in [7, 11) is -4.11. The van der Waals surface area contributed by atoms with Crippen LogP contribution in [0.15, 0.2) is 66.7 Å². The van der Waals surface area contributed by atoms with Crippen molar-refractivity contribution in [3.05, 3.63) is 99.0 Å². The molecule has 0 bridgehead atoms. The molecular weight excluding hydrogens is 616 g/mol. The summed E-state index contributed by atoms with van der Waals surface area (Å²) < 4.78 is 68.5. The molecule has 0 aliphatic carbocycles. The number of nitrogens with zero attached hydrogens (tertiary/aromatic N) is 2. The van der Waals surface area contributed by atoms with Crippen molar-refractivity contribution in [3.8, 4) is 0 Å². The SMILES string of the molecule is C[C@H](NC(=O)c1cc(N(C2CN(C(c3ccc(Cl)cc3)c3ccc(Cl)cc3)C2)S(C)(=O)=O)cc(C(F)(F)F)c1)C(N)=O. The van der Waals surface area contributed by atoms with Crippen molar-refractivity contribution in [1.82, 2.24) is 10.2 Å². The molecule has 4 rings (SSSR count). The lowest BCUT2D eigenvalue weighted by Crippen LogP contribution is -2.61. The second-order valence-corrected chi connectivity index (χ2v) is 12.8. The molecule has 0 radical (unpaired) electrons. The lowest BCUT2D eigenvalue weighted by Gasteiger charge is -2.49. The molecule has 1 fully saturated rings. The topological polar surface area (TPSA) is 113 Å². The van der Waals surface area contributed by atoms with Crippen molar-refractivity contribution in [2.45, 2.75) is 31.2 Å². The van der Waals surface area contributed by atoms with Crippen LogP contribution in [0.5, 0.6) is 0 Å². The van der Waals surface area contributed by atoms with Gasteiger partial charge in [-0.05, 0) is 60.5 Å². The highest BCUT2D eigenvalue weighted by Crippen LogP contribution is 2.39. The minimum atomic E-state index is -4.89. The van der Waals surface area contributed by atoms with E-state index in [-0.39, 0.29) is 24.8 Å². The molecule has 14 heteroatoms. The zero-order chi connectivity index (χ0) is 31.0. The largest absolute Gasteiger partial charge is 0.416 e. The van der Waals surface area contributed by atoms with Crippen molar-refractivity contribution in [2.75, 3.05) is 23.7 Å². The van der Waals surface area contributed by atoms with Gasteiger partial charge in [-0.2, -0.15) is 13.2 Å². The van der Waals surface area contributed by atoms with Crippen LogP contribution in [0.3, 0.4) is 0 Å². The Labute approximate surface area is 251 Å². The molecule has 3 N–H and O–H groups in total. The maximum Gasteiger partial charge on any atom is 0.416 e. The Morgan fingerprint density at radius 1 is 0.976 bits per heavy atom. The molecule has 1 aliphatic heterocycles. The molecule has 3 aromatic carbocycles. The van der Waals surface area contributed by atoms with E-state index >= 15 is 0 Å². The minimum Gasteiger partial charge on any atom is -0.368 e. The first-order valence-electron chi connectivity index (χ1n) is 12.6. The fourth-order valence-corrected chi connectivity index (χ4v) is 6.22. The number of halogens is 5. The molecule has 1 atom stereocenters. The molecule has 1 saturated heterocycles. The highest BCUT2D eigenvalue weighted by atomic mass is 35.5. The van der Waals surface area contributed by atoms with Gasteiger partial charge in [-0.15, -0.1) is 0 Å². The molecule has 0 unspecified atom stereocenters. The van der Waals surface area contributed by atoms with Crippen molar-refractivity contribution in [1.29, 1.82) is 0 Å². The van der Waals surface area contributed by atoms with Gasteiger partial charge in [0.1, 0.15) is 6.04 Å². The van der Waals surface area contributed by atoms with Crippen molar-refractivity contribution >= 4 is 50.7 Å². The molecular formula is C28H27Cl2F3N4O4S. The predicted octanol–water partition coefficient (Wildman–Crippen LogP) is 4.86. The number of likely N-dealkylation sites (tertiary alicyclic amines) is 1. The predicted molar refractivity (Wildman–Crippen MR) is 155 cm³/mol. The van der Waals surface area contributed by atoms with Gasteiger partial charge in [-0.25, -0.2) is 8.42 Å². The van der Waals surface area contributed by atoms with Crippen molar-refractivity contribution in [3.63, 3.8) is 0 Å². The summed E-state index contributed by atoms with van der Waals surface area (Å²) in [5.41, 5.74) is 4.87. The highest BCUT2D eigenvalue weighted by Gasteiger charge is 2.42. The number of alkyl halides is 3. The van der Waals surface area contributed by atoms with E-state index in [9.17, 15) is 31.2 Å². The maximum atomic E-state index is 13.9. The van der Waals surface area contributed by atoms with Crippen LogP contribution >= 0.6 is 23.2 Å². The first-order chi connectivity index (χ1) is 19.5. The second-order valence-electron chi connectivity index (χ2n) is 10.0. The standard InChI is InChI=1S/C28H27Cl2F3N4O4S/c1-16(26(34)38)35-27(39)19-11-20(28(31,32)33)13-23(12-19)37(42(2,40)41)24-14-36(15-24)25(17-3-7-21(29)8-4-17)18-5-9-22(30)10-6-18/h3-13,16,24-25H,14-15H2,1-2H3,(H2,34,38)(H,35,39)/t16-/m0/s1. The van der Waals surface area contributed by atoms with Crippen LogP contribution in [-0.2, 0) is 21.0 Å². The van der Waals surface area contributed by atoms with E-state index in [1.54, 1.807) is 24.3 Å². The number of carbonyl (C=O) groups is 2. The highest BCUT2D eigenvalue weighted by molar-refractivity contribution is 7.92. The van der Waals surface area contributed by atoms with Gasteiger partial charge in [-0.1, -0.05) is 47.5 Å². The number of carbonyl (C=O) groups excluding carboxylic acids is 2. The minimum absolute atomic E-state index is 0.166. The summed E-state index contributed by atoms with van der Waals surface area (Å²) in [5.74, 6) is -1.90. The lowest BCUT2D eigenvalue weighted by molar-refractivity contribution is -0.137. The van der Waals surface area contributed by atoms with Gasteiger partial charge in [0, 0.05) is 28.7 Å². The van der Waals surface area contributed by atoms with E-state index in [1.807, 2.05) is 29.2 Å². The Morgan fingerprint density at radius 3 is 1.90 bits per heavy atom. The molecule has 0 spiro atoms. The van der Waals surface area contributed by atoms with Crippen LogP contribution in [0.25, 0.3) is 0 Å². The van der Waals surface area contributed by atoms with E-state index in [4.69, 9.17) is 28.9 Å². The smallest absolute Gasteiger partial charge is 0.368 e. The van der Waals surface area contributed by atoms with Crippen LogP contribution in [0.4, 0.5) is 18.9 Å². The van der Waals surface area contributed by atoms with Crippen molar-refractivity contribution in [2.24, 2.45) is 5.73 Å². The van der Waals surface area contributed by atoms with Crippen LogP contribution < -0.4 is 15.4 Å². The summed E-state index contributed by atoms with van der Waals surface area (Å²) in [6.07, 6.45) is -4.00. The van der Waals surface area contributed by atoms with E-state index < -0.39 is 51.2 Å². The first kappa shape index (κ1) is 31.6. The van der Waals surface area contributed by atoms with Gasteiger partial charge >= 0.3 is 6.18 Å². The number of rotatable bonds is 9. The molecule has 0 aromatic heterocycles. The summed E-state index contributed by atoms with van der Waals surface area (Å²) in [6.45, 7) is 1.61. The molecule has 3 aromatic rings. The molecule has 224 valence electrons. The molecule has 0 saturated carbocycles. The van der Waals surface area contributed by atoms with Gasteiger partial charge < -0.3 is 11.1 Å². The monoisotopic (exact) mass is 642 g/mol. The van der Waals surface area contributed by atoms with E-state index in [1.165, 1.54) is 6.92 Å². The number of hydrogen-bond donors (Lipinski definition) is 2. The van der Waals surface area contributed by atoms with E-state index in [0.29, 0.717) is 22.2 Å². The third-order valence-electron chi connectivity index (χ3n) is 6.85. The number of anilines is 1. The van der Waals surface area contributed by atoms with Gasteiger partial charge in [0.25, 0.3) is 5.91 Å². The zero-order valence-corrected chi connectivity index (χ0v) is 24.7. The Morgan fingerprint density at radius 2 is 1.48 bits per heavy atom. The summed E-state index contributed by atoms with van der Waals surface area (Å²) in [4.78, 5) is 26.1. The quantitative estimate of drug-likeness (QED) is 0.346. The number of nitrogens with one attached hydrogen (secondary N) is 1. The molecule has 2 amide bonds. The molecule has 1 aliphatic rings. The summed E-state index contributed by atoms with van der Waals surface area (Å²) >= 11 is 12.2. The number of amides is 2.